The normalized spacial score (nSPS) is 20.8. The van der Waals surface area contributed by atoms with E-state index in [0.29, 0.717) is 32.0 Å². The molecule has 0 bridgehead atoms. The molecule has 1 saturated carbocycles. The number of pyridine rings is 1. The van der Waals surface area contributed by atoms with Crippen molar-refractivity contribution in [2.24, 2.45) is 5.92 Å². The third-order valence-corrected chi connectivity index (χ3v) is 6.22. The number of morpholine rings is 1. The SMILES string of the molecule is CCc1onc(C)c1-c1cccc(C2CN(C(=O)CC3CCCCC3)CCO2)n1. The van der Waals surface area contributed by atoms with Crippen LogP contribution in [-0.4, -0.2) is 40.6 Å². The van der Waals surface area contributed by atoms with E-state index in [1.54, 1.807) is 0 Å². The molecule has 4 rings (SSSR count). The predicted octanol–water partition coefficient (Wildman–Crippen LogP) is 4.48. The summed E-state index contributed by atoms with van der Waals surface area (Å²) in [5, 5.41) is 4.10. The first-order chi connectivity index (χ1) is 14.2. The first-order valence-electron chi connectivity index (χ1n) is 11.0. The van der Waals surface area contributed by atoms with Crippen LogP contribution in [0, 0.1) is 12.8 Å². The summed E-state index contributed by atoms with van der Waals surface area (Å²) in [4.78, 5) is 19.7. The van der Waals surface area contributed by atoms with Crippen LogP contribution in [0.4, 0.5) is 0 Å². The fourth-order valence-electron chi connectivity index (χ4n) is 4.58. The number of amides is 1. The van der Waals surface area contributed by atoms with Crippen molar-refractivity contribution >= 4 is 5.91 Å². The Balaban J connectivity index is 1.47. The standard InChI is InChI=1S/C23H31N3O3/c1-3-20-23(16(2)25-29-20)19-11-7-10-18(24-19)21-15-26(12-13-28-21)22(27)14-17-8-5-4-6-9-17/h7,10-11,17,21H,3-6,8-9,12-15H2,1-2H3. The molecule has 2 aliphatic rings. The Morgan fingerprint density at radius 3 is 2.86 bits per heavy atom. The van der Waals surface area contributed by atoms with Crippen LogP contribution in [0.15, 0.2) is 22.7 Å². The van der Waals surface area contributed by atoms with E-state index < -0.39 is 0 Å². The maximum absolute atomic E-state index is 12.9. The first-order valence-corrected chi connectivity index (χ1v) is 11.0. The van der Waals surface area contributed by atoms with Crippen LogP contribution in [0.5, 0.6) is 0 Å². The lowest BCUT2D eigenvalue weighted by Gasteiger charge is -2.34. The maximum atomic E-state index is 12.9. The molecule has 1 amide bonds. The molecule has 2 aromatic heterocycles. The average molecular weight is 398 g/mol. The number of carbonyl (C=O) groups excluding carboxylic acids is 1. The lowest BCUT2D eigenvalue weighted by molar-refractivity contribution is -0.140. The topological polar surface area (TPSA) is 68.5 Å². The molecular formula is C23H31N3O3. The minimum atomic E-state index is -0.191. The smallest absolute Gasteiger partial charge is 0.223 e. The number of ether oxygens (including phenoxy) is 1. The highest BCUT2D eigenvalue weighted by atomic mass is 16.5. The number of rotatable bonds is 5. The van der Waals surface area contributed by atoms with Crippen LogP contribution in [0.3, 0.4) is 0 Å². The van der Waals surface area contributed by atoms with E-state index in [9.17, 15) is 4.79 Å². The van der Waals surface area contributed by atoms with E-state index in [1.807, 2.05) is 36.9 Å². The van der Waals surface area contributed by atoms with Gasteiger partial charge >= 0.3 is 0 Å². The number of nitrogens with zero attached hydrogens (tertiary/aromatic N) is 3. The molecule has 1 saturated heterocycles. The predicted molar refractivity (Wildman–Crippen MR) is 110 cm³/mol. The van der Waals surface area contributed by atoms with Gasteiger partial charge in [0.15, 0.2) is 0 Å². The van der Waals surface area contributed by atoms with Crippen LogP contribution in [0.25, 0.3) is 11.3 Å². The van der Waals surface area contributed by atoms with E-state index in [-0.39, 0.29) is 12.0 Å². The maximum Gasteiger partial charge on any atom is 0.223 e. The molecular weight excluding hydrogens is 366 g/mol. The van der Waals surface area contributed by atoms with Gasteiger partial charge in [-0.1, -0.05) is 37.4 Å². The molecule has 0 spiro atoms. The molecule has 0 aromatic carbocycles. The van der Waals surface area contributed by atoms with Crippen LogP contribution < -0.4 is 0 Å². The summed E-state index contributed by atoms with van der Waals surface area (Å²) in [7, 11) is 0. The van der Waals surface area contributed by atoms with Crippen molar-refractivity contribution in [2.75, 3.05) is 19.7 Å². The second kappa shape index (κ2) is 9.08. The van der Waals surface area contributed by atoms with Crippen molar-refractivity contribution in [1.82, 2.24) is 15.0 Å². The molecule has 1 atom stereocenters. The molecule has 1 aliphatic carbocycles. The summed E-state index contributed by atoms with van der Waals surface area (Å²) in [6.07, 6.45) is 7.50. The van der Waals surface area contributed by atoms with Gasteiger partial charge in [0.2, 0.25) is 5.91 Å². The lowest BCUT2D eigenvalue weighted by Crippen LogP contribution is -2.43. The highest BCUT2D eigenvalue weighted by Crippen LogP contribution is 2.30. The lowest BCUT2D eigenvalue weighted by atomic mass is 9.86. The molecule has 0 N–H and O–H groups in total. The Morgan fingerprint density at radius 1 is 1.24 bits per heavy atom. The molecule has 6 nitrogen and oxygen atoms in total. The second-order valence-electron chi connectivity index (χ2n) is 8.27. The van der Waals surface area contributed by atoms with E-state index in [0.717, 1.165) is 34.8 Å². The molecule has 29 heavy (non-hydrogen) atoms. The molecule has 3 heterocycles. The average Bonchev–Trinajstić information content (AvgIpc) is 3.15. The van der Waals surface area contributed by atoms with Crippen molar-refractivity contribution < 1.29 is 14.1 Å². The highest BCUT2D eigenvalue weighted by Gasteiger charge is 2.28. The van der Waals surface area contributed by atoms with Crippen LogP contribution in [-0.2, 0) is 16.0 Å². The molecule has 2 fully saturated rings. The number of aryl methyl sites for hydroxylation is 2. The van der Waals surface area contributed by atoms with Gasteiger partial charge in [0.05, 0.1) is 35.8 Å². The molecule has 2 aromatic rings. The van der Waals surface area contributed by atoms with Gasteiger partial charge in [0.25, 0.3) is 0 Å². The Hall–Kier alpha value is -2.21. The number of carbonyl (C=O) groups is 1. The Bertz CT molecular complexity index is 842. The summed E-state index contributed by atoms with van der Waals surface area (Å²) in [5.74, 6) is 1.67. The van der Waals surface area contributed by atoms with E-state index in [1.165, 1.54) is 32.1 Å². The summed E-state index contributed by atoms with van der Waals surface area (Å²) in [6.45, 7) is 5.79. The molecule has 156 valence electrons. The largest absolute Gasteiger partial charge is 0.368 e. The minimum absolute atomic E-state index is 0.191. The fourth-order valence-corrected chi connectivity index (χ4v) is 4.58. The van der Waals surface area contributed by atoms with Gasteiger partial charge < -0.3 is 14.2 Å². The summed E-state index contributed by atoms with van der Waals surface area (Å²) >= 11 is 0. The second-order valence-corrected chi connectivity index (χ2v) is 8.27. The Morgan fingerprint density at radius 2 is 2.07 bits per heavy atom. The zero-order valence-corrected chi connectivity index (χ0v) is 17.5. The van der Waals surface area contributed by atoms with Crippen LogP contribution in [0.1, 0.15) is 68.7 Å². The summed E-state index contributed by atoms with van der Waals surface area (Å²) < 4.78 is 11.4. The van der Waals surface area contributed by atoms with Gasteiger partial charge in [-0.25, -0.2) is 4.98 Å². The van der Waals surface area contributed by atoms with Crippen molar-refractivity contribution in [3.8, 4) is 11.3 Å². The van der Waals surface area contributed by atoms with Gasteiger partial charge in [-0.15, -0.1) is 0 Å². The molecule has 1 unspecified atom stereocenters. The molecule has 1 aliphatic heterocycles. The zero-order chi connectivity index (χ0) is 20.2. The van der Waals surface area contributed by atoms with Gasteiger partial charge in [-0.2, -0.15) is 0 Å². The minimum Gasteiger partial charge on any atom is -0.368 e. The van der Waals surface area contributed by atoms with Crippen molar-refractivity contribution in [1.29, 1.82) is 0 Å². The number of hydrogen-bond donors (Lipinski definition) is 0. The summed E-state index contributed by atoms with van der Waals surface area (Å²) in [5.41, 5.74) is 3.53. The molecule has 6 heteroatoms. The monoisotopic (exact) mass is 397 g/mol. The van der Waals surface area contributed by atoms with Crippen LogP contribution >= 0.6 is 0 Å². The number of hydrogen-bond acceptors (Lipinski definition) is 5. The van der Waals surface area contributed by atoms with Gasteiger partial charge in [0.1, 0.15) is 11.9 Å². The van der Waals surface area contributed by atoms with E-state index in [4.69, 9.17) is 14.2 Å². The van der Waals surface area contributed by atoms with Gasteiger partial charge in [-0.3, -0.25) is 4.79 Å². The first kappa shape index (κ1) is 20.1. The zero-order valence-electron chi connectivity index (χ0n) is 17.5. The van der Waals surface area contributed by atoms with Gasteiger partial charge in [-0.05, 0) is 37.8 Å². The third kappa shape index (κ3) is 4.53. The van der Waals surface area contributed by atoms with E-state index >= 15 is 0 Å². The van der Waals surface area contributed by atoms with Crippen molar-refractivity contribution in [2.45, 2.75) is 64.9 Å². The van der Waals surface area contributed by atoms with E-state index in [2.05, 4.69) is 5.16 Å². The van der Waals surface area contributed by atoms with Crippen molar-refractivity contribution in [3.63, 3.8) is 0 Å². The highest BCUT2D eigenvalue weighted by molar-refractivity contribution is 5.76. The van der Waals surface area contributed by atoms with Crippen molar-refractivity contribution in [3.05, 3.63) is 35.3 Å². The quantitative estimate of drug-likeness (QED) is 0.744. The fraction of sp³-hybridized carbons (Fsp3) is 0.609. The third-order valence-electron chi connectivity index (χ3n) is 6.22. The Labute approximate surface area is 172 Å². The number of aromatic nitrogens is 2. The Kier molecular flexibility index (Phi) is 6.28. The molecule has 0 radical (unpaired) electrons. The summed E-state index contributed by atoms with van der Waals surface area (Å²) in [6, 6.07) is 5.96. The van der Waals surface area contributed by atoms with Gasteiger partial charge in [0, 0.05) is 19.4 Å². The van der Waals surface area contributed by atoms with Crippen LogP contribution in [0.2, 0.25) is 0 Å².